The van der Waals surface area contributed by atoms with Crippen molar-refractivity contribution in [3.8, 4) is 5.82 Å². The van der Waals surface area contributed by atoms with E-state index in [1.807, 2.05) is 7.05 Å². The van der Waals surface area contributed by atoms with Crippen LogP contribution in [-0.4, -0.2) is 62.1 Å². The Morgan fingerprint density at radius 1 is 1.15 bits per heavy atom. The lowest BCUT2D eigenvalue weighted by molar-refractivity contribution is 0.0733. The summed E-state index contributed by atoms with van der Waals surface area (Å²) < 4.78 is 1.70. The Kier molecular flexibility index (Phi) is 4.68. The number of carbonyl (C=O) groups is 1. The Labute approximate surface area is 158 Å². The number of hydrogen-bond donors (Lipinski definition) is 0. The van der Waals surface area contributed by atoms with E-state index < -0.39 is 0 Å². The molecule has 7 nitrogen and oxygen atoms in total. The maximum absolute atomic E-state index is 12.8. The molecule has 0 saturated heterocycles. The fourth-order valence-corrected chi connectivity index (χ4v) is 3.53. The number of carbonyl (C=O) groups excluding carboxylic acids is 1. The van der Waals surface area contributed by atoms with Crippen molar-refractivity contribution in [2.45, 2.75) is 19.0 Å². The second kappa shape index (κ2) is 7.28. The summed E-state index contributed by atoms with van der Waals surface area (Å²) in [5, 5.41) is 7.53. The van der Waals surface area contributed by atoms with E-state index in [1.165, 1.54) is 11.1 Å². The summed E-state index contributed by atoms with van der Waals surface area (Å²) in [7, 11) is 3.97. The molecule has 0 fully saturated rings. The third kappa shape index (κ3) is 3.59. The maximum Gasteiger partial charge on any atom is 0.255 e. The average molecular weight is 362 g/mol. The number of nitrogens with zero attached hydrogens (tertiary/aromatic N) is 6. The molecule has 0 bridgehead atoms. The van der Waals surface area contributed by atoms with E-state index in [9.17, 15) is 4.79 Å². The predicted octanol–water partition coefficient (Wildman–Crippen LogP) is 1.79. The monoisotopic (exact) mass is 362 g/mol. The molecule has 1 aliphatic rings. The van der Waals surface area contributed by atoms with Crippen LogP contribution in [0.3, 0.4) is 0 Å². The minimum absolute atomic E-state index is 0.0231. The Bertz CT molecular complexity index is 922. The zero-order valence-electron chi connectivity index (χ0n) is 15.5. The van der Waals surface area contributed by atoms with Crippen molar-refractivity contribution in [2.75, 3.05) is 20.6 Å². The molecule has 138 valence electrons. The first-order valence-electron chi connectivity index (χ1n) is 8.95. The van der Waals surface area contributed by atoms with E-state index in [0.717, 1.165) is 13.0 Å². The van der Waals surface area contributed by atoms with Crippen LogP contribution in [-0.2, 0) is 13.0 Å². The highest BCUT2D eigenvalue weighted by Crippen LogP contribution is 2.22. The average Bonchev–Trinajstić information content (AvgIpc) is 3.23. The van der Waals surface area contributed by atoms with Crippen LogP contribution in [0.1, 0.15) is 21.5 Å². The first kappa shape index (κ1) is 17.4. The van der Waals surface area contributed by atoms with Gasteiger partial charge in [0, 0.05) is 32.4 Å². The van der Waals surface area contributed by atoms with Crippen LogP contribution in [0.15, 0.2) is 55.2 Å². The molecule has 1 amide bonds. The quantitative estimate of drug-likeness (QED) is 0.708. The van der Waals surface area contributed by atoms with Gasteiger partial charge in [-0.05, 0) is 36.7 Å². The van der Waals surface area contributed by atoms with Gasteiger partial charge in [0.25, 0.3) is 5.91 Å². The van der Waals surface area contributed by atoms with Crippen LogP contribution in [0, 0.1) is 0 Å². The molecule has 0 aliphatic carbocycles. The summed E-state index contributed by atoms with van der Waals surface area (Å²) in [4.78, 5) is 21.2. The Morgan fingerprint density at radius 2 is 1.89 bits per heavy atom. The molecule has 0 radical (unpaired) electrons. The molecule has 4 rings (SSSR count). The minimum atomic E-state index is -0.0231. The number of aromatic nitrogens is 4. The molecular formula is C20H22N6O. The van der Waals surface area contributed by atoms with E-state index in [1.54, 1.807) is 40.5 Å². The Balaban J connectivity index is 1.43. The van der Waals surface area contributed by atoms with Crippen LogP contribution in [0.25, 0.3) is 5.82 Å². The lowest BCUT2D eigenvalue weighted by atomic mass is 9.94. The van der Waals surface area contributed by atoms with Gasteiger partial charge in [0.2, 0.25) is 0 Å². The van der Waals surface area contributed by atoms with Gasteiger partial charge in [-0.2, -0.15) is 0 Å². The van der Waals surface area contributed by atoms with E-state index in [-0.39, 0.29) is 5.91 Å². The zero-order valence-corrected chi connectivity index (χ0v) is 15.5. The van der Waals surface area contributed by atoms with Crippen molar-refractivity contribution < 1.29 is 4.79 Å². The third-order valence-corrected chi connectivity index (χ3v) is 5.13. The second-order valence-electron chi connectivity index (χ2n) is 7.00. The zero-order chi connectivity index (χ0) is 18.8. The summed E-state index contributed by atoms with van der Waals surface area (Å²) in [5.74, 6) is 0.660. The first-order valence-corrected chi connectivity index (χ1v) is 8.95. The van der Waals surface area contributed by atoms with Crippen molar-refractivity contribution in [1.82, 2.24) is 29.5 Å². The number of fused-ring (bicyclic) bond motifs is 1. The Morgan fingerprint density at radius 3 is 2.59 bits per heavy atom. The summed E-state index contributed by atoms with van der Waals surface area (Å²) in [6, 6.07) is 12.4. The summed E-state index contributed by atoms with van der Waals surface area (Å²) in [6.45, 7) is 1.59. The van der Waals surface area contributed by atoms with Crippen molar-refractivity contribution in [3.63, 3.8) is 0 Å². The number of amides is 1. The highest BCUT2D eigenvalue weighted by atomic mass is 16.2. The van der Waals surface area contributed by atoms with Gasteiger partial charge >= 0.3 is 0 Å². The van der Waals surface area contributed by atoms with Gasteiger partial charge < -0.3 is 4.90 Å². The molecule has 2 aromatic heterocycles. The summed E-state index contributed by atoms with van der Waals surface area (Å²) in [6.07, 6.45) is 5.71. The fraction of sp³-hybridized carbons (Fsp3) is 0.300. The molecule has 0 spiro atoms. The van der Waals surface area contributed by atoms with E-state index in [2.05, 4.69) is 51.4 Å². The van der Waals surface area contributed by atoms with Crippen LogP contribution in [0.4, 0.5) is 0 Å². The number of hydrogen-bond acceptors (Lipinski definition) is 5. The summed E-state index contributed by atoms with van der Waals surface area (Å²) in [5.41, 5.74) is 3.33. The van der Waals surface area contributed by atoms with Crippen LogP contribution < -0.4 is 0 Å². The highest BCUT2D eigenvalue weighted by Gasteiger charge is 2.25. The molecule has 0 saturated carbocycles. The van der Waals surface area contributed by atoms with Crippen LogP contribution >= 0.6 is 0 Å². The molecule has 1 atom stereocenters. The van der Waals surface area contributed by atoms with Gasteiger partial charge in [-0.1, -0.05) is 24.3 Å². The molecular weight excluding hydrogens is 340 g/mol. The third-order valence-electron chi connectivity index (χ3n) is 5.13. The molecule has 1 aliphatic heterocycles. The van der Waals surface area contributed by atoms with Crippen LogP contribution in [0.2, 0.25) is 0 Å². The molecule has 1 aromatic carbocycles. The maximum atomic E-state index is 12.8. The van der Waals surface area contributed by atoms with Gasteiger partial charge in [0.15, 0.2) is 0 Å². The van der Waals surface area contributed by atoms with Crippen LogP contribution in [0.5, 0.6) is 0 Å². The normalized spacial score (nSPS) is 16.7. The first-order chi connectivity index (χ1) is 13.1. The smallest absolute Gasteiger partial charge is 0.255 e. The van der Waals surface area contributed by atoms with Gasteiger partial charge in [-0.15, -0.1) is 10.2 Å². The molecule has 0 N–H and O–H groups in total. The SMILES string of the molecule is CN(C[C@@H]1Cc2ccccc2CN1C)C(=O)c1ccc(-n2cnnc2)nc1. The van der Waals surface area contributed by atoms with Crippen molar-refractivity contribution >= 4 is 5.91 Å². The number of benzene rings is 1. The molecule has 3 aromatic rings. The van der Waals surface area contributed by atoms with Gasteiger partial charge in [0.1, 0.15) is 18.5 Å². The van der Waals surface area contributed by atoms with Crippen molar-refractivity contribution in [1.29, 1.82) is 0 Å². The minimum Gasteiger partial charge on any atom is -0.340 e. The van der Waals surface area contributed by atoms with Gasteiger partial charge in [0.05, 0.1) is 5.56 Å². The van der Waals surface area contributed by atoms with Gasteiger partial charge in [-0.25, -0.2) is 4.98 Å². The molecule has 0 unspecified atom stereocenters. The highest BCUT2D eigenvalue weighted by molar-refractivity contribution is 5.93. The Hall–Kier alpha value is -3.06. The van der Waals surface area contributed by atoms with Gasteiger partial charge in [-0.3, -0.25) is 14.3 Å². The number of pyridine rings is 1. The van der Waals surface area contributed by atoms with E-state index >= 15 is 0 Å². The van der Waals surface area contributed by atoms with Crippen molar-refractivity contribution in [3.05, 3.63) is 71.9 Å². The standard InChI is InChI=1S/C20H22N6O/c1-24-11-17-6-4-3-5-15(17)9-18(24)12-25(2)20(27)16-7-8-19(21-10-16)26-13-22-23-14-26/h3-8,10,13-14,18H,9,11-12H2,1-2H3/t18-/m0/s1. The predicted molar refractivity (Wildman–Crippen MR) is 102 cm³/mol. The van der Waals surface area contributed by atoms with E-state index in [4.69, 9.17) is 0 Å². The lowest BCUT2D eigenvalue weighted by Crippen LogP contribution is -2.46. The van der Waals surface area contributed by atoms with Crippen molar-refractivity contribution in [2.24, 2.45) is 0 Å². The lowest BCUT2D eigenvalue weighted by Gasteiger charge is -2.36. The topological polar surface area (TPSA) is 67.2 Å². The molecule has 3 heterocycles. The largest absolute Gasteiger partial charge is 0.340 e. The number of rotatable bonds is 4. The molecule has 7 heteroatoms. The fourth-order valence-electron chi connectivity index (χ4n) is 3.53. The van der Waals surface area contributed by atoms with E-state index in [0.29, 0.717) is 24.0 Å². The second-order valence-corrected chi connectivity index (χ2v) is 7.00. The summed E-state index contributed by atoms with van der Waals surface area (Å²) >= 11 is 0. The number of likely N-dealkylation sites (N-methyl/N-ethyl adjacent to an activating group) is 2. The molecule has 27 heavy (non-hydrogen) atoms.